The Morgan fingerprint density at radius 3 is 3.00 bits per heavy atom. The second kappa shape index (κ2) is 4.57. The van der Waals surface area contributed by atoms with Gasteiger partial charge in [0.25, 0.3) is 0 Å². The first kappa shape index (κ1) is 9.68. The molecule has 14 heavy (non-hydrogen) atoms. The first-order chi connectivity index (χ1) is 6.92. The Bertz CT molecular complexity index is 275. The fraction of sp³-hybridized carbons (Fsp3) is 0.700. The molecular weight excluding hydrogens is 176 g/mol. The van der Waals surface area contributed by atoms with E-state index in [1.54, 1.807) is 0 Å². The molecule has 1 saturated heterocycles. The van der Waals surface area contributed by atoms with Crippen LogP contribution in [-0.4, -0.2) is 29.2 Å². The number of nitrogens with zero attached hydrogens (tertiary/aromatic N) is 2. The first-order valence-electron chi connectivity index (χ1n) is 5.33. The normalized spacial score (nSPS) is 18.6. The number of aromatic nitrogens is 2. The van der Waals surface area contributed by atoms with Gasteiger partial charge in [-0.2, -0.15) is 0 Å². The van der Waals surface area contributed by atoms with Gasteiger partial charge in [-0.1, -0.05) is 0 Å². The molecule has 1 aromatic rings. The van der Waals surface area contributed by atoms with E-state index < -0.39 is 0 Å². The predicted octanol–water partition coefficient (Wildman–Crippen LogP) is 0.309. The predicted molar refractivity (Wildman–Crippen MR) is 56.1 cm³/mol. The van der Waals surface area contributed by atoms with E-state index in [4.69, 9.17) is 5.73 Å². The van der Waals surface area contributed by atoms with Crippen LogP contribution in [0.1, 0.15) is 24.6 Å². The molecule has 0 amide bonds. The van der Waals surface area contributed by atoms with E-state index >= 15 is 0 Å². The van der Waals surface area contributed by atoms with Gasteiger partial charge in [0.05, 0.1) is 0 Å². The highest BCUT2D eigenvalue weighted by molar-refractivity contribution is 5.02. The molecule has 4 heteroatoms. The van der Waals surface area contributed by atoms with Gasteiger partial charge in [0.2, 0.25) is 0 Å². The Balaban J connectivity index is 2.09. The molecule has 0 saturated carbocycles. The van der Waals surface area contributed by atoms with Crippen LogP contribution >= 0.6 is 0 Å². The summed E-state index contributed by atoms with van der Waals surface area (Å²) in [5.74, 6) is 1.84. The number of rotatable bonds is 3. The molecule has 0 aliphatic carbocycles. The molecule has 1 aliphatic heterocycles. The Labute approximate surface area is 84.5 Å². The summed E-state index contributed by atoms with van der Waals surface area (Å²) in [5.41, 5.74) is 5.56. The molecule has 0 unspecified atom stereocenters. The summed E-state index contributed by atoms with van der Waals surface area (Å²) in [7, 11) is 0. The monoisotopic (exact) mass is 194 g/mol. The lowest BCUT2D eigenvalue weighted by Crippen LogP contribution is -2.28. The van der Waals surface area contributed by atoms with E-state index in [0.29, 0.717) is 12.5 Å². The molecular formula is C10H18N4. The zero-order valence-electron chi connectivity index (χ0n) is 8.45. The zero-order valence-corrected chi connectivity index (χ0v) is 8.45. The minimum absolute atomic E-state index is 0.623. The summed E-state index contributed by atoms with van der Waals surface area (Å²) in [4.78, 5) is 4.44. The number of hydrogen-bond acceptors (Lipinski definition) is 3. The van der Waals surface area contributed by atoms with Crippen molar-refractivity contribution in [3.05, 3.63) is 18.2 Å². The van der Waals surface area contributed by atoms with Crippen molar-refractivity contribution in [1.29, 1.82) is 0 Å². The van der Waals surface area contributed by atoms with Gasteiger partial charge in [-0.15, -0.1) is 0 Å². The lowest BCUT2D eigenvalue weighted by molar-refractivity contribution is 0.431. The summed E-state index contributed by atoms with van der Waals surface area (Å²) >= 11 is 0. The van der Waals surface area contributed by atoms with Crippen molar-refractivity contribution in [2.24, 2.45) is 5.73 Å². The van der Waals surface area contributed by atoms with Crippen LogP contribution in [-0.2, 0) is 6.54 Å². The van der Waals surface area contributed by atoms with Crippen LogP contribution in [0.5, 0.6) is 0 Å². The van der Waals surface area contributed by atoms with Crippen molar-refractivity contribution < 1.29 is 0 Å². The minimum atomic E-state index is 0.623. The maximum absolute atomic E-state index is 5.56. The summed E-state index contributed by atoms with van der Waals surface area (Å²) in [6.07, 6.45) is 6.31. The van der Waals surface area contributed by atoms with Gasteiger partial charge in [-0.05, 0) is 25.9 Å². The standard InChI is InChI=1S/C10H18N4/c11-3-7-14-8-6-13-10(14)9-1-4-12-5-2-9/h6,8-9,12H,1-5,7,11H2. The van der Waals surface area contributed by atoms with Crippen molar-refractivity contribution in [2.75, 3.05) is 19.6 Å². The van der Waals surface area contributed by atoms with E-state index in [0.717, 1.165) is 19.6 Å². The van der Waals surface area contributed by atoms with Crippen LogP contribution < -0.4 is 11.1 Å². The maximum atomic E-state index is 5.56. The van der Waals surface area contributed by atoms with Crippen LogP contribution in [0.25, 0.3) is 0 Å². The minimum Gasteiger partial charge on any atom is -0.333 e. The van der Waals surface area contributed by atoms with Crippen LogP contribution in [0.4, 0.5) is 0 Å². The highest BCUT2D eigenvalue weighted by Crippen LogP contribution is 2.23. The number of piperidine rings is 1. The maximum Gasteiger partial charge on any atom is 0.111 e. The summed E-state index contributed by atoms with van der Waals surface area (Å²) in [6.45, 7) is 3.80. The Morgan fingerprint density at radius 1 is 1.50 bits per heavy atom. The molecule has 1 aliphatic rings. The van der Waals surface area contributed by atoms with Crippen molar-refractivity contribution in [3.8, 4) is 0 Å². The smallest absolute Gasteiger partial charge is 0.111 e. The SMILES string of the molecule is NCCn1ccnc1C1CCNCC1. The fourth-order valence-corrected chi connectivity index (χ4v) is 2.09. The Kier molecular flexibility index (Phi) is 3.16. The second-order valence-electron chi connectivity index (χ2n) is 3.79. The van der Waals surface area contributed by atoms with Gasteiger partial charge in [-0.25, -0.2) is 4.98 Å². The summed E-state index contributed by atoms with van der Waals surface area (Å²) < 4.78 is 2.19. The molecule has 2 rings (SSSR count). The van der Waals surface area contributed by atoms with Crippen LogP contribution in [0.3, 0.4) is 0 Å². The average Bonchev–Trinajstić information content (AvgIpc) is 2.68. The summed E-state index contributed by atoms with van der Waals surface area (Å²) in [6, 6.07) is 0. The van der Waals surface area contributed by atoms with Crippen molar-refractivity contribution in [1.82, 2.24) is 14.9 Å². The van der Waals surface area contributed by atoms with Crippen LogP contribution in [0, 0.1) is 0 Å². The molecule has 0 spiro atoms. The zero-order chi connectivity index (χ0) is 9.80. The molecule has 3 N–H and O–H groups in total. The third-order valence-corrected chi connectivity index (χ3v) is 2.82. The van der Waals surface area contributed by atoms with Crippen molar-refractivity contribution in [2.45, 2.75) is 25.3 Å². The average molecular weight is 194 g/mol. The number of nitrogens with one attached hydrogen (secondary N) is 1. The van der Waals surface area contributed by atoms with Gasteiger partial charge in [0.1, 0.15) is 5.82 Å². The molecule has 0 bridgehead atoms. The van der Waals surface area contributed by atoms with Gasteiger partial charge >= 0.3 is 0 Å². The van der Waals surface area contributed by atoms with E-state index in [1.807, 2.05) is 12.4 Å². The van der Waals surface area contributed by atoms with Crippen LogP contribution in [0.2, 0.25) is 0 Å². The quantitative estimate of drug-likeness (QED) is 0.728. The van der Waals surface area contributed by atoms with Gasteiger partial charge in [-0.3, -0.25) is 0 Å². The highest BCUT2D eigenvalue weighted by atomic mass is 15.1. The van der Waals surface area contributed by atoms with E-state index in [2.05, 4.69) is 14.9 Å². The van der Waals surface area contributed by atoms with Gasteiger partial charge in [0.15, 0.2) is 0 Å². The Hall–Kier alpha value is -0.870. The molecule has 0 radical (unpaired) electrons. The van der Waals surface area contributed by atoms with Crippen molar-refractivity contribution >= 4 is 0 Å². The van der Waals surface area contributed by atoms with E-state index in [-0.39, 0.29) is 0 Å². The van der Waals surface area contributed by atoms with Gasteiger partial charge in [0, 0.05) is 31.4 Å². The molecule has 2 heterocycles. The molecule has 0 aromatic carbocycles. The third-order valence-electron chi connectivity index (χ3n) is 2.82. The van der Waals surface area contributed by atoms with E-state index in [9.17, 15) is 0 Å². The van der Waals surface area contributed by atoms with E-state index in [1.165, 1.54) is 18.7 Å². The second-order valence-corrected chi connectivity index (χ2v) is 3.79. The number of nitrogens with two attached hydrogens (primary N) is 1. The fourth-order valence-electron chi connectivity index (χ4n) is 2.09. The topological polar surface area (TPSA) is 55.9 Å². The number of hydrogen-bond donors (Lipinski definition) is 2. The molecule has 0 atom stereocenters. The lowest BCUT2D eigenvalue weighted by Gasteiger charge is -2.22. The highest BCUT2D eigenvalue weighted by Gasteiger charge is 2.18. The number of imidazole rings is 1. The molecule has 78 valence electrons. The largest absolute Gasteiger partial charge is 0.333 e. The van der Waals surface area contributed by atoms with Gasteiger partial charge < -0.3 is 15.6 Å². The molecule has 1 aromatic heterocycles. The lowest BCUT2D eigenvalue weighted by atomic mass is 9.97. The third kappa shape index (κ3) is 1.96. The molecule has 4 nitrogen and oxygen atoms in total. The van der Waals surface area contributed by atoms with Crippen LogP contribution in [0.15, 0.2) is 12.4 Å². The Morgan fingerprint density at radius 2 is 2.29 bits per heavy atom. The first-order valence-corrected chi connectivity index (χ1v) is 5.33. The van der Waals surface area contributed by atoms with Crippen molar-refractivity contribution in [3.63, 3.8) is 0 Å². The molecule has 1 fully saturated rings. The summed E-state index contributed by atoms with van der Waals surface area (Å²) in [5, 5.41) is 3.37.